The predicted molar refractivity (Wildman–Crippen MR) is 141 cm³/mol. The summed E-state index contributed by atoms with van der Waals surface area (Å²) >= 11 is 0. The number of nitriles is 1. The molecule has 1 unspecified atom stereocenters. The van der Waals surface area contributed by atoms with Crippen LogP contribution in [0.4, 0.5) is 0 Å². The Morgan fingerprint density at radius 1 is 0.972 bits per heavy atom. The van der Waals surface area contributed by atoms with E-state index in [0.29, 0.717) is 30.1 Å². The van der Waals surface area contributed by atoms with Crippen molar-refractivity contribution in [1.29, 1.82) is 5.26 Å². The van der Waals surface area contributed by atoms with E-state index in [2.05, 4.69) is 37.9 Å². The number of aliphatic hydroxyl groups excluding tert-OH is 2. The van der Waals surface area contributed by atoms with Crippen molar-refractivity contribution in [3.05, 3.63) is 58.7 Å². The SMILES string of the molecule is COCCOc1ccc(CCN(C)CCCC(C#N)(c2ccc(CO)c(CO)c2)C(C)C)cc1OC. The maximum absolute atomic E-state index is 10.2. The summed E-state index contributed by atoms with van der Waals surface area (Å²) in [4.78, 5) is 2.28. The van der Waals surface area contributed by atoms with E-state index in [0.717, 1.165) is 43.7 Å². The average Bonchev–Trinajstić information content (AvgIpc) is 2.90. The highest BCUT2D eigenvalue weighted by atomic mass is 16.5. The lowest BCUT2D eigenvalue weighted by Gasteiger charge is -2.32. The lowest BCUT2D eigenvalue weighted by molar-refractivity contribution is 0.144. The summed E-state index contributed by atoms with van der Waals surface area (Å²) in [6.45, 7) is 6.61. The first-order valence-electron chi connectivity index (χ1n) is 12.6. The van der Waals surface area contributed by atoms with Gasteiger partial charge in [0.1, 0.15) is 6.61 Å². The van der Waals surface area contributed by atoms with Crippen LogP contribution in [-0.4, -0.2) is 62.7 Å². The Balaban J connectivity index is 1.98. The molecule has 0 aliphatic heterocycles. The van der Waals surface area contributed by atoms with Crippen LogP contribution in [0.1, 0.15) is 48.9 Å². The molecule has 0 saturated heterocycles. The molecular weight excluding hydrogens is 456 g/mol. The number of benzene rings is 2. The molecule has 2 aromatic rings. The van der Waals surface area contributed by atoms with Crippen LogP contribution in [0.5, 0.6) is 11.5 Å². The Kier molecular flexibility index (Phi) is 12.2. The van der Waals surface area contributed by atoms with Gasteiger partial charge in [-0.05, 0) is 73.2 Å². The first-order valence-corrected chi connectivity index (χ1v) is 12.6. The molecule has 0 saturated carbocycles. The van der Waals surface area contributed by atoms with Crippen LogP contribution in [0.2, 0.25) is 0 Å². The normalized spacial score (nSPS) is 13.0. The Bertz CT molecular complexity index is 988. The number of nitrogens with zero attached hydrogens (tertiary/aromatic N) is 2. The van der Waals surface area contributed by atoms with Crippen molar-refractivity contribution >= 4 is 0 Å². The van der Waals surface area contributed by atoms with Gasteiger partial charge in [-0.2, -0.15) is 5.26 Å². The fourth-order valence-corrected chi connectivity index (χ4v) is 4.50. The van der Waals surface area contributed by atoms with E-state index in [1.54, 1.807) is 14.2 Å². The molecule has 1 atom stereocenters. The summed E-state index contributed by atoms with van der Waals surface area (Å²) in [5, 5.41) is 29.5. The largest absolute Gasteiger partial charge is 0.493 e. The zero-order chi connectivity index (χ0) is 26.6. The molecular formula is C29H42N2O5. The van der Waals surface area contributed by atoms with E-state index in [9.17, 15) is 15.5 Å². The van der Waals surface area contributed by atoms with E-state index >= 15 is 0 Å². The average molecular weight is 499 g/mol. The van der Waals surface area contributed by atoms with Crippen molar-refractivity contribution in [3.63, 3.8) is 0 Å². The number of likely N-dealkylation sites (N-methyl/N-ethyl adjacent to an activating group) is 1. The van der Waals surface area contributed by atoms with Crippen molar-refractivity contribution in [2.75, 3.05) is 47.6 Å². The molecule has 0 heterocycles. The zero-order valence-corrected chi connectivity index (χ0v) is 22.4. The van der Waals surface area contributed by atoms with Crippen LogP contribution >= 0.6 is 0 Å². The molecule has 0 aliphatic rings. The van der Waals surface area contributed by atoms with Gasteiger partial charge in [-0.15, -0.1) is 0 Å². The van der Waals surface area contributed by atoms with Crippen LogP contribution in [-0.2, 0) is 29.8 Å². The third-order valence-electron chi connectivity index (χ3n) is 6.91. The summed E-state index contributed by atoms with van der Waals surface area (Å²) in [5.74, 6) is 1.54. The minimum atomic E-state index is -0.648. The van der Waals surface area contributed by atoms with Gasteiger partial charge in [0.2, 0.25) is 0 Å². The van der Waals surface area contributed by atoms with Gasteiger partial charge in [0.05, 0.1) is 38.4 Å². The van der Waals surface area contributed by atoms with Gasteiger partial charge < -0.3 is 29.3 Å². The lowest BCUT2D eigenvalue weighted by atomic mass is 9.69. The molecule has 0 fully saturated rings. The maximum atomic E-state index is 10.2. The zero-order valence-electron chi connectivity index (χ0n) is 22.4. The van der Waals surface area contributed by atoms with Crippen LogP contribution < -0.4 is 9.47 Å². The Morgan fingerprint density at radius 2 is 1.72 bits per heavy atom. The van der Waals surface area contributed by atoms with Gasteiger partial charge >= 0.3 is 0 Å². The minimum absolute atomic E-state index is 0.108. The number of hydrogen-bond acceptors (Lipinski definition) is 7. The molecule has 36 heavy (non-hydrogen) atoms. The summed E-state index contributed by atoms with van der Waals surface area (Å²) in [7, 11) is 5.39. The third-order valence-corrected chi connectivity index (χ3v) is 6.91. The van der Waals surface area contributed by atoms with E-state index < -0.39 is 5.41 Å². The predicted octanol–water partition coefficient (Wildman–Crippen LogP) is 4.08. The van der Waals surface area contributed by atoms with E-state index in [1.165, 1.54) is 5.56 Å². The van der Waals surface area contributed by atoms with Crippen LogP contribution in [0.25, 0.3) is 0 Å². The molecule has 7 heteroatoms. The van der Waals surface area contributed by atoms with Gasteiger partial charge in [0, 0.05) is 13.7 Å². The Morgan fingerprint density at radius 3 is 2.33 bits per heavy atom. The fraction of sp³-hybridized carbons (Fsp3) is 0.552. The van der Waals surface area contributed by atoms with Gasteiger partial charge in [-0.3, -0.25) is 0 Å². The first kappa shape index (κ1) is 29.6. The van der Waals surface area contributed by atoms with E-state index in [1.807, 2.05) is 30.3 Å². The molecule has 0 amide bonds. The van der Waals surface area contributed by atoms with Gasteiger partial charge in [0.25, 0.3) is 0 Å². The quantitative estimate of drug-likeness (QED) is 0.337. The molecule has 198 valence electrons. The molecule has 2 aromatic carbocycles. The Hall–Kier alpha value is -2.63. The van der Waals surface area contributed by atoms with Crippen molar-refractivity contribution in [2.45, 2.75) is 51.7 Å². The molecule has 0 aliphatic carbocycles. The fourth-order valence-electron chi connectivity index (χ4n) is 4.50. The second-order valence-electron chi connectivity index (χ2n) is 9.52. The minimum Gasteiger partial charge on any atom is -0.493 e. The second-order valence-corrected chi connectivity index (χ2v) is 9.52. The smallest absolute Gasteiger partial charge is 0.161 e. The number of hydrogen-bond donors (Lipinski definition) is 2. The number of aliphatic hydroxyl groups is 2. The summed E-state index contributed by atoms with van der Waals surface area (Å²) in [6.07, 6.45) is 2.46. The number of rotatable bonds is 16. The monoisotopic (exact) mass is 498 g/mol. The standard InChI is InChI=1S/C29H42N2O5/c1-22(2)29(21-30,26-9-8-24(19-32)25(18-26)20-33)12-6-13-31(3)14-11-23-7-10-27(28(17-23)35-5)36-16-15-34-4/h7-10,17-18,22,32-33H,6,11-16,19-20H2,1-5H3. The van der Waals surface area contributed by atoms with Gasteiger partial charge in [0.15, 0.2) is 11.5 Å². The summed E-state index contributed by atoms with van der Waals surface area (Å²) in [5.41, 5.74) is 2.81. The number of ether oxygens (including phenoxy) is 3. The highest BCUT2D eigenvalue weighted by molar-refractivity contribution is 5.43. The highest BCUT2D eigenvalue weighted by Gasteiger charge is 2.36. The van der Waals surface area contributed by atoms with E-state index in [4.69, 9.17) is 14.2 Å². The molecule has 7 nitrogen and oxygen atoms in total. The molecule has 2 N–H and O–H groups in total. The highest BCUT2D eigenvalue weighted by Crippen LogP contribution is 2.37. The number of methoxy groups -OCH3 is 2. The van der Waals surface area contributed by atoms with Crippen molar-refractivity contribution in [1.82, 2.24) is 4.90 Å². The molecule has 2 rings (SSSR count). The van der Waals surface area contributed by atoms with Crippen LogP contribution in [0.15, 0.2) is 36.4 Å². The van der Waals surface area contributed by atoms with Gasteiger partial charge in [-0.1, -0.05) is 38.1 Å². The Labute approximate surface area is 216 Å². The topological polar surface area (TPSA) is 95.2 Å². The maximum Gasteiger partial charge on any atom is 0.161 e. The molecule has 0 radical (unpaired) electrons. The van der Waals surface area contributed by atoms with E-state index in [-0.39, 0.29) is 19.1 Å². The van der Waals surface area contributed by atoms with Crippen LogP contribution in [0.3, 0.4) is 0 Å². The first-order chi connectivity index (χ1) is 17.3. The summed E-state index contributed by atoms with van der Waals surface area (Å²) < 4.78 is 16.2. The molecule has 0 bridgehead atoms. The second kappa shape index (κ2) is 14.8. The van der Waals surface area contributed by atoms with Crippen LogP contribution in [0, 0.1) is 17.2 Å². The van der Waals surface area contributed by atoms with Crippen molar-refractivity contribution < 1.29 is 24.4 Å². The van der Waals surface area contributed by atoms with Gasteiger partial charge in [-0.25, -0.2) is 0 Å². The van der Waals surface area contributed by atoms with Crippen molar-refractivity contribution in [2.24, 2.45) is 5.92 Å². The third kappa shape index (κ3) is 7.68. The van der Waals surface area contributed by atoms with Crippen molar-refractivity contribution in [3.8, 4) is 17.6 Å². The lowest BCUT2D eigenvalue weighted by Crippen LogP contribution is -2.33. The summed E-state index contributed by atoms with van der Waals surface area (Å²) in [6, 6.07) is 14.2. The molecule has 0 aromatic heterocycles. The molecule has 0 spiro atoms.